The first-order chi connectivity index (χ1) is 9.82. The van der Waals surface area contributed by atoms with Gasteiger partial charge < -0.3 is 5.16 Å². The van der Waals surface area contributed by atoms with Crippen molar-refractivity contribution in [1.29, 1.82) is 5.16 Å². The highest BCUT2D eigenvalue weighted by Gasteiger charge is 2.32. The highest BCUT2D eigenvalue weighted by Crippen LogP contribution is 2.54. The molecule has 0 atom stereocenters. The zero-order valence-electron chi connectivity index (χ0n) is 11.8. The Labute approximate surface area is 121 Å². The lowest BCUT2D eigenvalue weighted by Gasteiger charge is -2.35. The van der Waals surface area contributed by atoms with Crippen molar-refractivity contribution in [3.05, 3.63) is 60.7 Å². The van der Waals surface area contributed by atoms with Gasteiger partial charge in [0.05, 0.1) is 0 Å². The lowest BCUT2D eigenvalue weighted by atomic mass is 10.0. The molecule has 0 heterocycles. The van der Waals surface area contributed by atoms with Gasteiger partial charge in [-0.1, -0.05) is 79.9 Å². The van der Waals surface area contributed by atoms with E-state index in [0.717, 1.165) is 0 Å². The SMILES string of the molecule is N=P(c1ccccc1)(c1ccccc1)C1CCCCC1. The monoisotopic (exact) mass is 283 g/mol. The first-order valence-electron chi connectivity index (χ1n) is 7.57. The van der Waals surface area contributed by atoms with Gasteiger partial charge in [-0.25, -0.2) is 0 Å². The molecule has 2 heteroatoms. The van der Waals surface area contributed by atoms with Crippen molar-refractivity contribution in [2.45, 2.75) is 37.8 Å². The molecule has 0 aromatic heterocycles. The first kappa shape index (κ1) is 13.6. The molecular weight excluding hydrogens is 261 g/mol. The minimum absolute atomic E-state index is 0.543. The molecule has 1 saturated carbocycles. The number of rotatable bonds is 3. The highest BCUT2D eigenvalue weighted by atomic mass is 31.2. The maximum absolute atomic E-state index is 9.41. The lowest BCUT2D eigenvalue weighted by Crippen LogP contribution is -2.27. The van der Waals surface area contributed by atoms with E-state index in [1.54, 1.807) is 0 Å². The van der Waals surface area contributed by atoms with Crippen molar-refractivity contribution in [3.63, 3.8) is 0 Å². The topological polar surface area (TPSA) is 23.9 Å². The summed E-state index contributed by atoms with van der Waals surface area (Å²) in [5.41, 5.74) is 0.543. The van der Waals surface area contributed by atoms with E-state index in [1.165, 1.54) is 42.7 Å². The van der Waals surface area contributed by atoms with Crippen LogP contribution >= 0.6 is 7.05 Å². The summed E-state index contributed by atoms with van der Waals surface area (Å²) in [6.07, 6.45) is 6.39. The minimum atomic E-state index is -2.00. The number of hydrogen-bond acceptors (Lipinski definition) is 1. The minimum Gasteiger partial charge on any atom is -0.309 e. The molecule has 2 aromatic carbocycles. The molecular formula is C18H22NP. The van der Waals surface area contributed by atoms with Crippen LogP contribution in [0.15, 0.2) is 60.7 Å². The third-order valence-electron chi connectivity index (χ3n) is 4.45. The number of benzene rings is 2. The fraction of sp³-hybridized carbons (Fsp3) is 0.333. The van der Waals surface area contributed by atoms with Crippen LogP contribution in [0.2, 0.25) is 0 Å². The maximum atomic E-state index is 9.41. The van der Waals surface area contributed by atoms with E-state index in [0.29, 0.717) is 5.66 Å². The lowest BCUT2D eigenvalue weighted by molar-refractivity contribution is 0.511. The molecule has 1 fully saturated rings. The van der Waals surface area contributed by atoms with Gasteiger partial charge in [0.15, 0.2) is 0 Å². The molecule has 0 spiro atoms. The summed E-state index contributed by atoms with van der Waals surface area (Å²) in [5, 5.41) is 11.9. The zero-order valence-corrected chi connectivity index (χ0v) is 12.7. The molecule has 104 valence electrons. The fourth-order valence-corrected chi connectivity index (χ4v) is 6.93. The van der Waals surface area contributed by atoms with Gasteiger partial charge in [0, 0.05) is 12.7 Å². The van der Waals surface area contributed by atoms with Gasteiger partial charge in [0.2, 0.25) is 0 Å². The van der Waals surface area contributed by atoms with Crippen molar-refractivity contribution >= 4 is 17.7 Å². The van der Waals surface area contributed by atoms with E-state index in [-0.39, 0.29) is 0 Å². The van der Waals surface area contributed by atoms with E-state index in [4.69, 9.17) is 0 Å². The average molecular weight is 283 g/mol. The van der Waals surface area contributed by atoms with Crippen LogP contribution < -0.4 is 10.6 Å². The predicted molar refractivity (Wildman–Crippen MR) is 88.7 cm³/mol. The molecule has 3 rings (SSSR count). The van der Waals surface area contributed by atoms with Crippen LogP contribution in [0.3, 0.4) is 0 Å². The Balaban J connectivity index is 2.10. The predicted octanol–water partition coefficient (Wildman–Crippen LogP) is 4.75. The van der Waals surface area contributed by atoms with Crippen LogP contribution in [0.1, 0.15) is 32.1 Å². The molecule has 0 unspecified atom stereocenters. The molecule has 20 heavy (non-hydrogen) atoms. The van der Waals surface area contributed by atoms with Crippen LogP contribution in [0.4, 0.5) is 0 Å². The van der Waals surface area contributed by atoms with Gasteiger partial charge >= 0.3 is 0 Å². The Hall–Kier alpha value is -1.33. The second-order valence-electron chi connectivity index (χ2n) is 5.69. The summed E-state index contributed by atoms with van der Waals surface area (Å²) >= 11 is 0. The first-order valence-corrected chi connectivity index (χ1v) is 9.42. The van der Waals surface area contributed by atoms with Crippen molar-refractivity contribution in [2.24, 2.45) is 0 Å². The van der Waals surface area contributed by atoms with Crippen LogP contribution in [0, 0.1) is 5.16 Å². The van der Waals surface area contributed by atoms with Crippen LogP contribution in [0.25, 0.3) is 0 Å². The van der Waals surface area contributed by atoms with E-state index in [2.05, 4.69) is 60.7 Å². The Kier molecular flexibility index (Phi) is 4.08. The standard InChI is InChI=1S/C18H22NP/c19-20(16-10-4-1-5-11-16,17-12-6-2-7-13-17)18-14-8-3-9-15-18/h1-2,4-7,10-13,18-19H,3,8-9,14-15H2. The third-order valence-corrected chi connectivity index (χ3v) is 8.29. The number of hydrogen-bond donors (Lipinski definition) is 1. The van der Waals surface area contributed by atoms with Crippen molar-refractivity contribution in [2.75, 3.05) is 0 Å². The molecule has 2 aromatic rings. The Morgan fingerprint density at radius 2 is 1.15 bits per heavy atom. The molecule has 1 nitrogen and oxygen atoms in total. The Morgan fingerprint density at radius 3 is 1.60 bits per heavy atom. The van der Waals surface area contributed by atoms with E-state index in [9.17, 15) is 5.16 Å². The van der Waals surface area contributed by atoms with Crippen LogP contribution in [-0.2, 0) is 0 Å². The second kappa shape index (κ2) is 5.97. The summed E-state index contributed by atoms with van der Waals surface area (Å²) in [5.74, 6) is 0. The summed E-state index contributed by atoms with van der Waals surface area (Å²) in [4.78, 5) is 0. The summed E-state index contributed by atoms with van der Waals surface area (Å²) in [6, 6.07) is 21.1. The molecule has 0 amide bonds. The smallest absolute Gasteiger partial charge is 0.0267 e. The molecule has 0 bridgehead atoms. The highest BCUT2D eigenvalue weighted by molar-refractivity contribution is 7.80. The molecule has 0 radical (unpaired) electrons. The van der Waals surface area contributed by atoms with Gasteiger partial charge in [-0.05, 0) is 23.5 Å². The molecule has 1 aliphatic carbocycles. The van der Waals surface area contributed by atoms with E-state index in [1.807, 2.05) is 0 Å². The summed E-state index contributed by atoms with van der Waals surface area (Å²) < 4.78 is 0. The van der Waals surface area contributed by atoms with E-state index < -0.39 is 7.05 Å². The van der Waals surface area contributed by atoms with Gasteiger partial charge in [-0.15, -0.1) is 0 Å². The molecule has 0 aliphatic heterocycles. The molecule has 1 N–H and O–H groups in total. The van der Waals surface area contributed by atoms with Crippen molar-refractivity contribution in [3.8, 4) is 0 Å². The Morgan fingerprint density at radius 1 is 0.700 bits per heavy atom. The van der Waals surface area contributed by atoms with E-state index >= 15 is 0 Å². The Bertz CT molecular complexity index is 542. The van der Waals surface area contributed by atoms with Gasteiger partial charge in [0.1, 0.15) is 0 Å². The maximum Gasteiger partial charge on any atom is 0.0267 e. The zero-order chi connectivity index (χ0) is 13.8. The van der Waals surface area contributed by atoms with Crippen molar-refractivity contribution in [1.82, 2.24) is 0 Å². The van der Waals surface area contributed by atoms with Gasteiger partial charge in [0.25, 0.3) is 0 Å². The summed E-state index contributed by atoms with van der Waals surface area (Å²) in [6.45, 7) is 0. The summed E-state index contributed by atoms with van der Waals surface area (Å²) in [7, 11) is -2.00. The quantitative estimate of drug-likeness (QED) is 0.786. The van der Waals surface area contributed by atoms with Crippen LogP contribution in [-0.4, -0.2) is 5.66 Å². The average Bonchev–Trinajstić information content (AvgIpc) is 2.56. The van der Waals surface area contributed by atoms with Crippen molar-refractivity contribution < 1.29 is 0 Å². The third kappa shape index (κ3) is 2.47. The normalized spacial score (nSPS) is 17.0. The van der Waals surface area contributed by atoms with Gasteiger partial charge in [-0.2, -0.15) is 0 Å². The molecule has 1 aliphatic rings. The van der Waals surface area contributed by atoms with Crippen LogP contribution in [0.5, 0.6) is 0 Å². The van der Waals surface area contributed by atoms with Gasteiger partial charge in [-0.3, -0.25) is 0 Å². The fourth-order valence-electron chi connectivity index (χ4n) is 3.37. The number of nitrogens with one attached hydrogen (secondary N) is 1. The molecule has 0 saturated heterocycles. The second-order valence-corrected chi connectivity index (χ2v) is 8.89. The largest absolute Gasteiger partial charge is 0.309 e.